The molecule has 3 amide bonds. The van der Waals surface area contributed by atoms with Crippen LogP contribution in [0.4, 0.5) is 16.3 Å². The molecule has 0 atom stereocenters. The van der Waals surface area contributed by atoms with E-state index in [1.165, 1.54) is 6.92 Å². The quantitative estimate of drug-likeness (QED) is 0.201. The second kappa shape index (κ2) is 14.0. The van der Waals surface area contributed by atoms with Crippen molar-refractivity contribution >= 4 is 29.4 Å². The minimum absolute atomic E-state index is 0.0213. The number of hydrogen-bond donors (Lipinski definition) is 2. The fourth-order valence-corrected chi connectivity index (χ4v) is 5.56. The number of amides is 3. The van der Waals surface area contributed by atoms with Gasteiger partial charge in [0.1, 0.15) is 12.4 Å². The number of rotatable bonds is 8. The number of esters is 1. The number of likely N-dealkylation sites (tertiary alicyclic amines) is 1. The second-order valence-electron chi connectivity index (χ2n) is 13.1. The third-order valence-corrected chi connectivity index (χ3v) is 8.25. The summed E-state index contributed by atoms with van der Waals surface area (Å²) in [5.41, 5.74) is 6.08. The predicted octanol–water partition coefficient (Wildman–Crippen LogP) is 7.28. The Bertz CT molecular complexity index is 1680. The fraction of sp³-hybridized carbons (Fsp3) is 0.351. The number of nitrogens with one attached hydrogen (secondary N) is 2. The van der Waals surface area contributed by atoms with Gasteiger partial charge in [-0.15, -0.1) is 0 Å². The number of piperidine rings is 1. The van der Waals surface area contributed by atoms with Crippen LogP contribution in [-0.2, 0) is 28.0 Å². The first kappa shape index (κ1) is 32.5. The number of carbonyl (C=O) groups excluding carboxylic acids is 3. The van der Waals surface area contributed by atoms with Gasteiger partial charge in [-0.3, -0.25) is 14.9 Å². The van der Waals surface area contributed by atoms with Crippen molar-refractivity contribution in [3.8, 4) is 5.69 Å². The van der Waals surface area contributed by atoms with E-state index >= 15 is 0 Å². The lowest BCUT2D eigenvalue weighted by Crippen LogP contribution is -2.38. The second-order valence-corrected chi connectivity index (χ2v) is 13.1. The maximum absolute atomic E-state index is 13.2. The van der Waals surface area contributed by atoms with E-state index in [0.717, 1.165) is 53.0 Å². The van der Waals surface area contributed by atoms with E-state index in [-0.39, 0.29) is 29.9 Å². The van der Waals surface area contributed by atoms with E-state index < -0.39 is 0 Å². The molecular formula is C37H43N5O4. The van der Waals surface area contributed by atoms with Crippen LogP contribution in [-0.4, -0.2) is 45.7 Å². The number of ether oxygens (including phenoxy) is 1. The van der Waals surface area contributed by atoms with Gasteiger partial charge in [-0.2, -0.15) is 5.10 Å². The molecule has 5 rings (SSSR count). The number of nitrogens with zero attached hydrogens (tertiary/aromatic N) is 3. The van der Waals surface area contributed by atoms with Gasteiger partial charge in [0.15, 0.2) is 0 Å². The molecule has 0 aliphatic carbocycles. The zero-order chi connectivity index (χ0) is 32.8. The number of anilines is 2. The van der Waals surface area contributed by atoms with Gasteiger partial charge in [-0.25, -0.2) is 9.48 Å². The van der Waals surface area contributed by atoms with Crippen LogP contribution in [0.5, 0.6) is 0 Å². The molecule has 1 aliphatic rings. The molecule has 9 heteroatoms. The van der Waals surface area contributed by atoms with Crippen LogP contribution < -0.4 is 10.6 Å². The molecule has 0 spiro atoms. The van der Waals surface area contributed by atoms with Crippen LogP contribution in [0.2, 0.25) is 0 Å². The van der Waals surface area contributed by atoms with Crippen molar-refractivity contribution < 1.29 is 19.1 Å². The molecule has 4 aromatic rings. The molecule has 46 heavy (non-hydrogen) atoms. The SMILES string of the molecule is CC(=O)OCc1ccc(C(=O)N2CCC(Cc3cccc(NC(=O)Nc4cc(C(C)(C)C)nn4-c4ccc(C)cc4)c3)CC2)cc1. The van der Waals surface area contributed by atoms with Crippen molar-refractivity contribution in [2.75, 3.05) is 23.7 Å². The summed E-state index contributed by atoms with van der Waals surface area (Å²) >= 11 is 0. The molecule has 1 aromatic heterocycles. The number of aromatic nitrogens is 2. The van der Waals surface area contributed by atoms with Crippen molar-refractivity contribution in [2.45, 2.75) is 65.9 Å². The molecule has 1 fully saturated rings. The zero-order valence-corrected chi connectivity index (χ0v) is 27.3. The highest BCUT2D eigenvalue weighted by Crippen LogP contribution is 2.27. The summed E-state index contributed by atoms with van der Waals surface area (Å²) < 4.78 is 6.80. The Morgan fingerprint density at radius 3 is 2.24 bits per heavy atom. The summed E-state index contributed by atoms with van der Waals surface area (Å²) in [7, 11) is 0. The number of carbonyl (C=O) groups is 3. The number of aryl methyl sites for hydroxylation is 1. The standard InChI is InChI=1S/C37H43N5O4/c1-25-9-15-32(16-10-25)42-34(23-33(40-42)37(3,4)5)39-36(45)38-31-8-6-7-29(22-31)21-27-17-19-41(20-18-27)35(44)30-13-11-28(12-14-30)24-46-26(2)43/h6-16,22-23,27H,17-21,24H2,1-5H3,(H2,38,39,45). The Morgan fingerprint density at radius 2 is 1.59 bits per heavy atom. The largest absolute Gasteiger partial charge is 0.461 e. The summed E-state index contributed by atoms with van der Waals surface area (Å²) in [5.74, 6) is 0.734. The van der Waals surface area contributed by atoms with Crippen molar-refractivity contribution in [3.05, 3.63) is 107 Å². The Morgan fingerprint density at radius 1 is 0.891 bits per heavy atom. The van der Waals surface area contributed by atoms with E-state index in [9.17, 15) is 14.4 Å². The Labute approximate surface area is 271 Å². The third kappa shape index (κ3) is 8.41. The highest BCUT2D eigenvalue weighted by atomic mass is 16.5. The van der Waals surface area contributed by atoms with Crippen molar-refractivity contribution in [1.29, 1.82) is 0 Å². The minimum atomic E-state index is -0.336. The van der Waals surface area contributed by atoms with Gasteiger partial charge in [-0.05, 0) is 79.6 Å². The Hall–Kier alpha value is -4.92. The van der Waals surface area contributed by atoms with E-state index in [1.807, 2.05) is 72.5 Å². The smallest absolute Gasteiger partial charge is 0.324 e. The van der Waals surface area contributed by atoms with Gasteiger partial charge >= 0.3 is 12.0 Å². The monoisotopic (exact) mass is 621 g/mol. The summed E-state index contributed by atoms with van der Waals surface area (Å²) in [6.45, 7) is 11.3. The average Bonchev–Trinajstić information content (AvgIpc) is 3.45. The highest BCUT2D eigenvalue weighted by Gasteiger charge is 2.25. The molecule has 240 valence electrons. The molecule has 0 bridgehead atoms. The average molecular weight is 622 g/mol. The summed E-state index contributed by atoms with van der Waals surface area (Å²) in [4.78, 5) is 39.2. The topological polar surface area (TPSA) is 106 Å². The van der Waals surface area contributed by atoms with E-state index in [0.29, 0.717) is 30.4 Å². The van der Waals surface area contributed by atoms with Gasteiger partial charge in [0.2, 0.25) is 0 Å². The highest BCUT2D eigenvalue weighted by molar-refractivity contribution is 5.99. The molecule has 2 N–H and O–H groups in total. The minimum Gasteiger partial charge on any atom is -0.461 e. The molecule has 9 nitrogen and oxygen atoms in total. The lowest BCUT2D eigenvalue weighted by atomic mass is 9.90. The molecule has 0 radical (unpaired) electrons. The van der Waals surface area contributed by atoms with Crippen LogP contribution in [0.1, 0.15) is 73.3 Å². The number of urea groups is 1. The van der Waals surface area contributed by atoms with Crippen LogP contribution in [0.15, 0.2) is 78.9 Å². The molecule has 1 aliphatic heterocycles. The lowest BCUT2D eigenvalue weighted by Gasteiger charge is -2.32. The van der Waals surface area contributed by atoms with E-state index in [2.05, 4.69) is 37.5 Å². The van der Waals surface area contributed by atoms with Gasteiger partial charge in [-0.1, -0.05) is 62.7 Å². The maximum Gasteiger partial charge on any atom is 0.324 e. The van der Waals surface area contributed by atoms with Crippen LogP contribution in [0.3, 0.4) is 0 Å². The van der Waals surface area contributed by atoms with Crippen LogP contribution in [0, 0.1) is 12.8 Å². The molecule has 1 saturated heterocycles. The van der Waals surface area contributed by atoms with Crippen molar-refractivity contribution in [2.24, 2.45) is 5.92 Å². The summed E-state index contributed by atoms with van der Waals surface area (Å²) in [6.07, 6.45) is 2.69. The van der Waals surface area contributed by atoms with E-state index in [1.54, 1.807) is 16.8 Å². The molecule has 0 saturated carbocycles. The van der Waals surface area contributed by atoms with Gasteiger partial charge in [0, 0.05) is 42.7 Å². The summed E-state index contributed by atoms with van der Waals surface area (Å²) in [5, 5.41) is 10.8. The predicted molar refractivity (Wildman–Crippen MR) is 180 cm³/mol. The first-order chi connectivity index (χ1) is 21.9. The van der Waals surface area contributed by atoms with Crippen molar-refractivity contribution in [3.63, 3.8) is 0 Å². The fourth-order valence-electron chi connectivity index (χ4n) is 5.56. The molecule has 2 heterocycles. The van der Waals surface area contributed by atoms with Crippen LogP contribution >= 0.6 is 0 Å². The normalized spacial score (nSPS) is 13.7. The number of hydrogen-bond acceptors (Lipinski definition) is 5. The molecule has 3 aromatic carbocycles. The van der Waals surface area contributed by atoms with Crippen LogP contribution in [0.25, 0.3) is 5.69 Å². The Balaban J connectivity index is 1.16. The summed E-state index contributed by atoms with van der Waals surface area (Å²) in [6, 6.07) is 24.8. The first-order valence-corrected chi connectivity index (χ1v) is 15.8. The van der Waals surface area contributed by atoms with Gasteiger partial charge in [0.25, 0.3) is 5.91 Å². The van der Waals surface area contributed by atoms with Crippen molar-refractivity contribution in [1.82, 2.24) is 14.7 Å². The first-order valence-electron chi connectivity index (χ1n) is 15.8. The zero-order valence-electron chi connectivity index (χ0n) is 27.3. The molecular weight excluding hydrogens is 578 g/mol. The maximum atomic E-state index is 13.2. The van der Waals surface area contributed by atoms with Gasteiger partial charge in [0.05, 0.1) is 11.4 Å². The Kier molecular flexibility index (Phi) is 9.90. The van der Waals surface area contributed by atoms with Gasteiger partial charge < -0.3 is 15.0 Å². The number of benzene rings is 3. The lowest BCUT2D eigenvalue weighted by molar-refractivity contribution is -0.142. The molecule has 0 unspecified atom stereocenters. The third-order valence-electron chi connectivity index (χ3n) is 8.25. The van der Waals surface area contributed by atoms with E-state index in [4.69, 9.17) is 9.84 Å².